The van der Waals surface area contributed by atoms with Crippen LogP contribution in [-0.2, 0) is 0 Å². The predicted octanol–water partition coefficient (Wildman–Crippen LogP) is 3.23. The topological polar surface area (TPSA) is 44.2 Å². The van der Waals surface area contributed by atoms with E-state index in [1.165, 1.54) is 0 Å². The molecule has 2 rings (SSSR count). The number of nitrogens with zero attached hydrogens (tertiary/aromatic N) is 2. The minimum atomic E-state index is 0.543. The first kappa shape index (κ1) is 12.8. The number of hydrogen-bond acceptors (Lipinski definition) is 4. The third-order valence-electron chi connectivity index (χ3n) is 2.62. The van der Waals surface area contributed by atoms with Crippen LogP contribution in [0.1, 0.15) is 5.56 Å². The predicted molar refractivity (Wildman–Crippen MR) is 73.0 cm³/mol. The first-order valence-corrected chi connectivity index (χ1v) is 6.16. The van der Waals surface area contributed by atoms with Crippen molar-refractivity contribution in [2.75, 3.05) is 14.2 Å². The Kier molecular flexibility index (Phi) is 3.81. The molecule has 0 N–H and O–H groups in total. The van der Waals surface area contributed by atoms with E-state index in [1.807, 2.05) is 25.1 Å². The van der Waals surface area contributed by atoms with Crippen LogP contribution in [0.3, 0.4) is 0 Å². The summed E-state index contributed by atoms with van der Waals surface area (Å²) in [5.41, 5.74) is 2.68. The summed E-state index contributed by atoms with van der Waals surface area (Å²) in [7, 11) is 3.29. The average molecular weight is 309 g/mol. The molecule has 0 saturated heterocycles. The van der Waals surface area contributed by atoms with Crippen LogP contribution >= 0.6 is 15.9 Å². The zero-order chi connectivity index (χ0) is 13.1. The van der Waals surface area contributed by atoms with Crippen LogP contribution in [0.15, 0.2) is 29.1 Å². The molecule has 0 aliphatic heterocycles. The Balaban J connectivity index is 2.61. The fourth-order valence-corrected chi connectivity index (χ4v) is 2.04. The molecule has 0 fully saturated rings. The van der Waals surface area contributed by atoms with E-state index in [0.29, 0.717) is 4.73 Å². The van der Waals surface area contributed by atoms with Crippen LogP contribution < -0.4 is 9.47 Å². The van der Waals surface area contributed by atoms with Crippen molar-refractivity contribution in [2.24, 2.45) is 0 Å². The highest BCUT2D eigenvalue weighted by Gasteiger charge is 2.12. The third-order valence-corrected chi connectivity index (χ3v) is 3.00. The molecular formula is C13H13BrN2O2. The van der Waals surface area contributed by atoms with Gasteiger partial charge in [-0.1, -0.05) is 0 Å². The molecule has 0 bridgehead atoms. The lowest BCUT2D eigenvalue weighted by molar-refractivity contribution is 0.401. The summed E-state index contributed by atoms with van der Waals surface area (Å²) in [6.07, 6.45) is 1.69. The molecule has 0 aliphatic carbocycles. The van der Waals surface area contributed by atoms with Gasteiger partial charge in [-0.05, 0) is 46.6 Å². The van der Waals surface area contributed by atoms with Gasteiger partial charge >= 0.3 is 0 Å². The fourth-order valence-electron chi connectivity index (χ4n) is 1.74. The zero-order valence-electron chi connectivity index (χ0n) is 10.4. The molecule has 5 heteroatoms. The Morgan fingerprint density at radius 3 is 2.44 bits per heavy atom. The van der Waals surface area contributed by atoms with Gasteiger partial charge in [-0.15, -0.1) is 0 Å². The van der Waals surface area contributed by atoms with Crippen molar-refractivity contribution < 1.29 is 9.47 Å². The molecule has 0 radical (unpaired) electrons. The van der Waals surface area contributed by atoms with Crippen molar-refractivity contribution in [2.45, 2.75) is 6.92 Å². The maximum Gasteiger partial charge on any atom is 0.197 e. The van der Waals surface area contributed by atoms with E-state index < -0.39 is 0 Å². The Morgan fingerprint density at radius 2 is 1.83 bits per heavy atom. The standard InChI is InChI=1S/C13H13BrN2O2/c1-8-6-12(18-3)9(7-11(8)17-2)10-4-5-15-13(14)16-10/h4-7H,1-3H3. The monoisotopic (exact) mass is 308 g/mol. The van der Waals surface area contributed by atoms with Gasteiger partial charge < -0.3 is 9.47 Å². The van der Waals surface area contributed by atoms with E-state index >= 15 is 0 Å². The lowest BCUT2D eigenvalue weighted by atomic mass is 10.1. The Labute approximate surface area is 114 Å². The molecule has 1 aromatic heterocycles. The zero-order valence-corrected chi connectivity index (χ0v) is 12.0. The minimum absolute atomic E-state index is 0.543. The van der Waals surface area contributed by atoms with Gasteiger partial charge in [-0.25, -0.2) is 9.97 Å². The molecule has 2 aromatic rings. The van der Waals surface area contributed by atoms with Crippen molar-refractivity contribution in [3.05, 3.63) is 34.7 Å². The summed E-state index contributed by atoms with van der Waals surface area (Å²) >= 11 is 3.26. The molecule has 94 valence electrons. The van der Waals surface area contributed by atoms with Gasteiger partial charge in [0.25, 0.3) is 0 Å². The van der Waals surface area contributed by atoms with Gasteiger partial charge in [-0.2, -0.15) is 0 Å². The van der Waals surface area contributed by atoms with Crippen LogP contribution in [-0.4, -0.2) is 24.2 Å². The summed E-state index contributed by atoms with van der Waals surface area (Å²) in [5.74, 6) is 1.57. The van der Waals surface area contributed by atoms with Gasteiger partial charge in [0.05, 0.1) is 19.9 Å². The third kappa shape index (κ3) is 2.46. The van der Waals surface area contributed by atoms with Crippen LogP contribution in [0, 0.1) is 6.92 Å². The average Bonchev–Trinajstić information content (AvgIpc) is 2.38. The molecule has 0 unspecified atom stereocenters. The largest absolute Gasteiger partial charge is 0.496 e. The van der Waals surface area contributed by atoms with Gasteiger partial charge in [0, 0.05) is 11.8 Å². The number of halogens is 1. The quantitative estimate of drug-likeness (QED) is 0.817. The highest BCUT2D eigenvalue weighted by atomic mass is 79.9. The Morgan fingerprint density at radius 1 is 1.11 bits per heavy atom. The highest BCUT2D eigenvalue weighted by Crippen LogP contribution is 2.34. The van der Waals surface area contributed by atoms with Gasteiger partial charge in [-0.3, -0.25) is 0 Å². The summed E-state index contributed by atoms with van der Waals surface area (Å²) < 4.78 is 11.3. The van der Waals surface area contributed by atoms with Crippen LogP contribution in [0.5, 0.6) is 11.5 Å². The molecule has 4 nitrogen and oxygen atoms in total. The lowest BCUT2D eigenvalue weighted by Gasteiger charge is -2.12. The second kappa shape index (κ2) is 5.35. The number of hydrogen-bond donors (Lipinski definition) is 0. The summed E-state index contributed by atoms with van der Waals surface area (Å²) in [6, 6.07) is 5.69. The van der Waals surface area contributed by atoms with Crippen molar-refractivity contribution in [1.29, 1.82) is 0 Å². The number of methoxy groups -OCH3 is 2. The molecule has 0 atom stereocenters. The van der Waals surface area contributed by atoms with E-state index in [0.717, 1.165) is 28.3 Å². The molecule has 1 aromatic carbocycles. The molecule has 0 spiro atoms. The van der Waals surface area contributed by atoms with E-state index in [4.69, 9.17) is 9.47 Å². The number of ether oxygens (including phenoxy) is 2. The molecular weight excluding hydrogens is 296 g/mol. The first-order valence-electron chi connectivity index (χ1n) is 5.37. The van der Waals surface area contributed by atoms with Crippen LogP contribution in [0.25, 0.3) is 11.3 Å². The normalized spacial score (nSPS) is 10.2. The number of benzene rings is 1. The van der Waals surface area contributed by atoms with Crippen molar-refractivity contribution >= 4 is 15.9 Å². The number of aromatic nitrogens is 2. The second-order valence-electron chi connectivity index (χ2n) is 3.73. The lowest BCUT2D eigenvalue weighted by Crippen LogP contribution is -1.95. The van der Waals surface area contributed by atoms with Gasteiger partial charge in [0.2, 0.25) is 0 Å². The summed E-state index contributed by atoms with van der Waals surface area (Å²) in [5, 5.41) is 0. The Hall–Kier alpha value is -1.62. The van der Waals surface area contributed by atoms with Crippen LogP contribution in [0.2, 0.25) is 0 Å². The van der Waals surface area contributed by atoms with Crippen molar-refractivity contribution in [3.8, 4) is 22.8 Å². The molecule has 0 saturated carbocycles. The maximum atomic E-state index is 5.39. The van der Waals surface area contributed by atoms with E-state index in [-0.39, 0.29) is 0 Å². The smallest absolute Gasteiger partial charge is 0.197 e. The Bertz CT molecular complexity index is 573. The van der Waals surface area contributed by atoms with Gasteiger partial charge in [0.1, 0.15) is 11.5 Å². The highest BCUT2D eigenvalue weighted by molar-refractivity contribution is 9.10. The SMILES string of the molecule is COc1cc(-c2ccnc(Br)n2)c(OC)cc1C. The van der Waals surface area contributed by atoms with Crippen LogP contribution in [0.4, 0.5) is 0 Å². The van der Waals surface area contributed by atoms with Crippen molar-refractivity contribution in [3.63, 3.8) is 0 Å². The summed E-state index contributed by atoms with van der Waals surface area (Å²) in [4.78, 5) is 8.34. The molecule has 0 aliphatic rings. The van der Waals surface area contributed by atoms with E-state index in [1.54, 1.807) is 20.4 Å². The molecule has 0 amide bonds. The first-order chi connectivity index (χ1) is 8.65. The summed E-state index contributed by atoms with van der Waals surface area (Å²) in [6.45, 7) is 1.97. The van der Waals surface area contributed by atoms with Crippen molar-refractivity contribution in [1.82, 2.24) is 9.97 Å². The number of rotatable bonds is 3. The maximum absolute atomic E-state index is 5.39. The minimum Gasteiger partial charge on any atom is -0.496 e. The van der Waals surface area contributed by atoms with E-state index in [9.17, 15) is 0 Å². The molecule has 18 heavy (non-hydrogen) atoms. The molecule has 1 heterocycles. The number of aryl methyl sites for hydroxylation is 1. The fraction of sp³-hybridized carbons (Fsp3) is 0.231. The van der Waals surface area contributed by atoms with Gasteiger partial charge in [0.15, 0.2) is 4.73 Å². The second-order valence-corrected chi connectivity index (χ2v) is 4.44. The van der Waals surface area contributed by atoms with E-state index in [2.05, 4.69) is 25.9 Å².